The zero-order valence-corrected chi connectivity index (χ0v) is 16.7. The predicted molar refractivity (Wildman–Crippen MR) is 106 cm³/mol. The molecule has 0 radical (unpaired) electrons. The van der Waals surface area contributed by atoms with E-state index in [0.717, 1.165) is 17.5 Å². The van der Waals surface area contributed by atoms with Crippen LogP contribution in [0.1, 0.15) is 11.3 Å². The molecule has 0 spiro atoms. The molecule has 1 N–H and O–H groups in total. The lowest BCUT2D eigenvalue weighted by Gasteiger charge is -2.11. The number of pyridine rings is 2. The summed E-state index contributed by atoms with van der Waals surface area (Å²) in [6.07, 6.45) is -3.73. The number of halogens is 3. The smallest absolute Gasteiger partial charge is 0.417 e. The van der Waals surface area contributed by atoms with Gasteiger partial charge in [-0.15, -0.1) is 0 Å². The molecule has 0 saturated heterocycles. The van der Waals surface area contributed by atoms with Crippen molar-refractivity contribution in [1.82, 2.24) is 20.2 Å². The second-order valence-electron chi connectivity index (χ2n) is 6.88. The Hall–Kier alpha value is -3.69. The second-order valence-corrected chi connectivity index (χ2v) is 6.88. The first kappa shape index (κ1) is 22.0. The first-order valence-electron chi connectivity index (χ1n) is 9.19. The fraction of sp³-hybridized carbons (Fsp3) is 0.238. The molecule has 0 bridgehead atoms. The molecule has 10 heteroatoms. The summed E-state index contributed by atoms with van der Waals surface area (Å²) in [7, 11) is 3.20. The molecule has 0 aliphatic carbocycles. The molecule has 31 heavy (non-hydrogen) atoms. The van der Waals surface area contributed by atoms with Crippen LogP contribution in [0.5, 0.6) is 11.6 Å². The molecule has 0 fully saturated rings. The molecule has 2 heterocycles. The number of fused-ring (bicyclic) bond motifs is 1. The van der Waals surface area contributed by atoms with Crippen molar-refractivity contribution in [3.63, 3.8) is 0 Å². The van der Waals surface area contributed by atoms with E-state index in [1.54, 1.807) is 44.4 Å². The summed E-state index contributed by atoms with van der Waals surface area (Å²) in [4.78, 5) is 33.0. The van der Waals surface area contributed by atoms with Crippen LogP contribution in [0.3, 0.4) is 0 Å². The number of carbonyl (C=O) groups excluding carboxylic acids is 2. The van der Waals surface area contributed by atoms with Crippen molar-refractivity contribution in [2.45, 2.75) is 12.6 Å². The molecule has 162 valence electrons. The van der Waals surface area contributed by atoms with Gasteiger partial charge in [-0.2, -0.15) is 13.2 Å². The molecular formula is C21H19F3N4O3. The maximum absolute atomic E-state index is 12.6. The van der Waals surface area contributed by atoms with Gasteiger partial charge in [-0.25, -0.2) is 4.98 Å². The Morgan fingerprint density at radius 2 is 1.87 bits per heavy atom. The van der Waals surface area contributed by atoms with Crippen molar-refractivity contribution >= 4 is 22.7 Å². The van der Waals surface area contributed by atoms with E-state index < -0.39 is 11.7 Å². The summed E-state index contributed by atoms with van der Waals surface area (Å²) in [6, 6.07) is 10.4. The summed E-state index contributed by atoms with van der Waals surface area (Å²) >= 11 is 0. The Balaban J connectivity index is 1.66. The minimum atomic E-state index is -4.46. The van der Waals surface area contributed by atoms with Crippen LogP contribution in [-0.2, 0) is 22.2 Å². The van der Waals surface area contributed by atoms with E-state index in [1.807, 2.05) is 0 Å². The molecule has 3 rings (SSSR count). The number of hydrogen-bond donors (Lipinski definition) is 1. The maximum Gasteiger partial charge on any atom is 0.417 e. The Kier molecular flexibility index (Phi) is 6.38. The van der Waals surface area contributed by atoms with Gasteiger partial charge in [-0.05, 0) is 30.3 Å². The molecule has 2 amide bonds. The number of ether oxygens (including phenoxy) is 1. The van der Waals surface area contributed by atoms with Gasteiger partial charge in [0.2, 0.25) is 17.7 Å². The fourth-order valence-corrected chi connectivity index (χ4v) is 2.60. The van der Waals surface area contributed by atoms with Crippen molar-refractivity contribution in [2.24, 2.45) is 0 Å². The molecule has 0 aliphatic heterocycles. The highest BCUT2D eigenvalue weighted by atomic mass is 19.4. The minimum Gasteiger partial charge on any atom is -0.439 e. The first-order valence-corrected chi connectivity index (χ1v) is 9.19. The maximum atomic E-state index is 12.6. The normalized spacial score (nSPS) is 11.3. The standard InChI is InChI=1S/C21H19F3N4O3/c1-28(2)20(30)12-25-18(29)10-15-5-3-13-9-16(6-7-17(13)27-15)31-19-8-4-14(11-26-19)21(22,23)24/h3-9,11H,10,12H2,1-2H3,(H,25,29). The van der Waals surface area contributed by atoms with Crippen LogP contribution in [-0.4, -0.2) is 47.3 Å². The highest BCUT2D eigenvalue weighted by molar-refractivity contribution is 5.86. The molecule has 1 aromatic carbocycles. The van der Waals surface area contributed by atoms with Crippen LogP contribution in [0.15, 0.2) is 48.7 Å². The van der Waals surface area contributed by atoms with Crippen LogP contribution in [0, 0.1) is 0 Å². The quantitative estimate of drug-likeness (QED) is 0.647. The second kappa shape index (κ2) is 8.99. The van der Waals surface area contributed by atoms with Gasteiger partial charge in [0.25, 0.3) is 0 Å². The van der Waals surface area contributed by atoms with Gasteiger partial charge < -0.3 is 15.0 Å². The van der Waals surface area contributed by atoms with E-state index in [4.69, 9.17) is 4.74 Å². The van der Waals surface area contributed by atoms with Crippen molar-refractivity contribution < 1.29 is 27.5 Å². The molecular weight excluding hydrogens is 413 g/mol. The third kappa shape index (κ3) is 5.91. The molecule has 2 aromatic heterocycles. The lowest BCUT2D eigenvalue weighted by atomic mass is 10.1. The third-order valence-corrected chi connectivity index (χ3v) is 4.28. The van der Waals surface area contributed by atoms with Gasteiger partial charge in [0.1, 0.15) is 5.75 Å². The Morgan fingerprint density at radius 3 is 2.52 bits per heavy atom. The molecule has 0 unspecified atom stereocenters. The number of hydrogen-bond acceptors (Lipinski definition) is 5. The molecule has 0 aliphatic rings. The molecule has 3 aromatic rings. The van der Waals surface area contributed by atoms with Crippen LogP contribution < -0.4 is 10.1 Å². The monoisotopic (exact) mass is 432 g/mol. The summed E-state index contributed by atoms with van der Waals surface area (Å²) < 4.78 is 43.4. The topological polar surface area (TPSA) is 84.4 Å². The Labute approximate surface area is 175 Å². The largest absolute Gasteiger partial charge is 0.439 e. The van der Waals surface area contributed by atoms with Crippen molar-refractivity contribution in [2.75, 3.05) is 20.6 Å². The van der Waals surface area contributed by atoms with Crippen molar-refractivity contribution in [3.8, 4) is 11.6 Å². The van der Waals surface area contributed by atoms with Crippen LogP contribution in [0.2, 0.25) is 0 Å². The summed E-state index contributed by atoms with van der Waals surface area (Å²) in [5.74, 6) is -0.125. The van der Waals surface area contributed by atoms with E-state index in [9.17, 15) is 22.8 Å². The zero-order chi connectivity index (χ0) is 22.6. The van der Waals surface area contributed by atoms with E-state index in [1.165, 1.54) is 4.90 Å². The van der Waals surface area contributed by atoms with Gasteiger partial charge in [-0.3, -0.25) is 14.6 Å². The Morgan fingerprint density at radius 1 is 1.10 bits per heavy atom. The van der Waals surface area contributed by atoms with E-state index in [0.29, 0.717) is 23.2 Å². The van der Waals surface area contributed by atoms with Crippen LogP contribution in [0.4, 0.5) is 13.2 Å². The number of alkyl halides is 3. The first-order chi connectivity index (χ1) is 14.6. The van der Waals surface area contributed by atoms with Crippen LogP contribution >= 0.6 is 0 Å². The van der Waals surface area contributed by atoms with Gasteiger partial charge in [0.15, 0.2) is 0 Å². The number of nitrogens with zero attached hydrogens (tertiary/aromatic N) is 3. The number of rotatable bonds is 6. The minimum absolute atomic E-state index is 0.0182. The zero-order valence-electron chi connectivity index (χ0n) is 16.7. The number of benzene rings is 1. The van der Waals surface area contributed by atoms with Crippen LogP contribution in [0.25, 0.3) is 10.9 Å². The van der Waals surface area contributed by atoms with Gasteiger partial charge in [0, 0.05) is 31.7 Å². The summed E-state index contributed by atoms with van der Waals surface area (Å²) in [6.45, 7) is -0.0852. The highest BCUT2D eigenvalue weighted by Crippen LogP contribution is 2.30. The number of carbonyl (C=O) groups is 2. The number of aromatic nitrogens is 2. The number of nitrogens with one attached hydrogen (secondary N) is 1. The predicted octanol–water partition coefficient (Wildman–Crippen LogP) is 3.19. The lowest BCUT2D eigenvalue weighted by Crippen LogP contribution is -2.36. The number of amides is 2. The van der Waals surface area contributed by atoms with E-state index >= 15 is 0 Å². The van der Waals surface area contributed by atoms with E-state index in [-0.39, 0.29) is 30.7 Å². The molecule has 0 atom stereocenters. The lowest BCUT2D eigenvalue weighted by molar-refractivity contribution is -0.137. The van der Waals surface area contributed by atoms with E-state index in [2.05, 4.69) is 15.3 Å². The molecule has 0 saturated carbocycles. The van der Waals surface area contributed by atoms with Crippen molar-refractivity contribution in [1.29, 1.82) is 0 Å². The van der Waals surface area contributed by atoms with Crippen molar-refractivity contribution in [3.05, 3.63) is 59.9 Å². The van der Waals surface area contributed by atoms with Gasteiger partial charge >= 0.3 is 6.18 Å². The molecule has 7 nitrogen and oxygen atoms in total. The fourth-order valence-electron chi connectivity index (χ4n) is 2.60. The number of likely N-dealkylation sites (N-methyl/N-ethyl adjacent to an activating group) is 1. The SMILES string of the molecule is CN(C)C(=O)CNC(=O)Cc1ccc2cc(Oc3ccc(C(F)(F)F)cn3)ccc2n1. The highest BCUT2D eigenvalue weighted by Gasteiger charge is 2.30. The third-order valence-electron chi connectivity index (χ3n) is 4.28. The van der Waals surface area contributed by atoms with Gasteiger partial charge in [0.05, 0.1) is 29.7 Å². The summed E-state index contributed by atoms with van der Waals surface area (Å²) in [5, 5.41) is 3.26. The average molecular weight is 432 g/mol. The average Bonchev–Trinajstić information content (AvgIpc) is 2.71. The van der Waals surface area contributed by atoms with Gasteiger partial charge in [-0.1, -0.05) is 6.07 Å². The summed E-state index contributed by atoms with van der Waals surface area (Å²) in [5.41, 5.74) is 0.285. The Bertz CT molecular complexity index is 1100.